The van der Waals surface area contributed by atoms with Crippen LogP contribution in [-0.4, -0.2) is 18.3 Å². The Morgan fingerprint density at radius 3 is 2.78 bits per heavy atom. The molecule has 1 aliphatic heterocycles. The Morgan fingerprint density at radius 1 is 1.15 bits per heavy atom. The van der Waals surface area contributed by atoms with Gasteiger partial charge < -0.3 is 14.5 Å². The second-order valence-electron chi connectivity index (χ2n) is 6.63. The van der Waals surface area contributed by atoms with Crippen molar-refractivity contribution in [1.82, 2.24) is 0 Å². The normalized spacial score (nSPS) is 15.5. The van der Waals surface area contributed by atoms with Gasteiger partial charge in [0.2, 0.25) is 5.91 Å². The van der Waals surface area contributed by atoms with Crippen molar-refractivity contribution in [3.8, 4) is 5.75 Å². The van der Waals surface area contributed by atoms with Crippen LogP contribution in [0.15, 0.2) is 51.7 Å². The molecule has 1 N–H and O–H groups in total. The maximum absolute atomic E-state index is 12.5. The van der Waals surface area contributed by atoms with E-state index in [0.717, 1.165) is 22.2 Å². The van der Waals surface area contributed by atoms with Crippen molar-refractivity contribution in [2.45, 2.75) is 19.8 Å². The van der Waals surface area contributed by atoms with Gasteiger partial charge in [-0.15, -0.1) is 0 Å². The molecule has 0 radical (unpaired) electrons. The van der Waals surface area contributed by atoms with Gasteiger partial charge in [0.05, 0.1) is 5.92 Å². The van der Waals surface area contributed by atoms with Gasteiger partial charge in [0, 0.05) is 28.8 Å². The van der Waals surface area contributed by atoms with E-state index in [1.54, 1.807) is 43.3 Å². The number of hydrogen-bond acceptors (Lipinski definition) is 5. The first-order valence-corrected chi connectivity index (χ1v) is 8.58. The van der Waals surface area contributed by atoms with Gasteiger partial charge in [-0.25, -0.2) is 4.79 Å². The first kappa shape index (κ1) is 17.0. The molecule has 1 aromatic heterocycles. The maximum atomic E-state index is 12.5. The number of hydrogen-bond donors (Lipinski definition) is 1. The predicted molar refractivity (Wildman–Crippen MR) is 101 cm³/mol. The highest BCUT2D eigenvalue weighted by Gasteiger charge is 2.27. The van der Waals surface area contributed by atoms with Crippen LogP contribution >= 0.6 is 0 Å². The minimum Gasteiger partial charge on any atom is -0.485 e. The molecule has 27 heavy (non-hydrogen) atoms. The number of amides is 1. The van der Waals surface area contributed by atoms with Crippen molar-refractivity contribution in [2.24, 2.45) is 0 Å². The molecular formula is C21H17NO5. The molecule has 0 unspecified atom stereocenters. The number of rotatable bonds is 4. The van der Waals surface area contributed by atoms with Crippen LogP contribution < -0.4 is 15.7 Å². The van der Waals surface area contributed by atoms with Crippen molar-refractivity contribution in [2.75, 3.05) is 11.9 Å². The monoisotopic (exact) mass is 363 g/mol. The van der Waals surface area contributed by atoms with E-state index in [1.165, 1.54) is 6.07 Å². The highest BCUT2D eigenvalue weighted by molar-refractivity contribution is 6.05. The van der Waals surface area contributed by atoms with E-state index in [-0.39, 0.29) is 24.2 Å². The summed E-state index contributed by atoms with van der Waals surface area (Å²) in [5.41, 5.74) is 2.85. The Kier molecular flexibility index (Phi) is 4.03. The Labute approximate surface area is 154 Å². The molecular weight excluding hydrogens is 346 g/mol. The molecule has 6 heteroatoms. The van der Waals surface area contributed by atoms with Gasteiger partial charge in [-0.05, 0) is 55.3 Å². The topological polar surface area (TPSA) is 85.6 Å². The highest BCUT2D eigenvalue weighted by Crippen LogP contribution is 2.32. The van der Waals surface area contributed by atoms with Crippen molar-refractivity contribution in [3.05, 3.63) is 69.6 Å². The summed E-state index contributed by atoms with van der Waals surface area (Å²) >= 11 is 0. The number of carbonyl (C=O) groups is 2. The second kappa shape index (κ2) is 6.39. The second-order valence-corrected chi connectivity index (χ2v) is 6.63. The smallest absolute Gasteiger partial charge is 0.336 e. The molecule has 0 bridgehead atoms. The summed E-state index contributed by atoms with van der Waals surface area (Å²) in [4.78, 5) is 35.7. The summed E-state index contributed by atoms with van der Waals surface area (Å²) in [6.45, 7) is 3.48. The highest BCUT2D eigenvalue weighted by atomic mass is 16.5. The van der Waals surface area contributed by atoms with Gasteiger partial charge in [0.15, 0.2) is 12.4 Å². The molecule has 0 saturated carbocycles. The van der Waals surface area contributed by atoms with Gasteiger partial charge in [-0.3, -0.25) is 9.59 Å². The molecule has 2 heterocycles. The number of carbonyl (C=O) groups excluding carboxylic acids is 2. The minimum absolute atomic E-state index is 0.0706. The molecule has 0 saturated heterocycles. The molecule has 1 aliphatic rings. The van der Waals surface area contributed by atoms with Crippen LogP contribution in [0.3, 0.4) is 0 Å². The number of nitrogens with one attached hydrogen (secondary N) is 1. The minimum atomic E-state index is -0.427. The fourth-order valence-corrected chi connectivity index (χ4v) is 3.22. The van der Waals surface area contributed by atoms with Crippen molar-refractivity contribution < 1.29 is 18.7 Å². The number of aryl methyl sites for hydroxylation is 1. The van der Waals surface area contributed by atoms with E-state index in [0.29, 0.717) is 16.9 Å². The molecule has 1 amide bonds. The summed E-state index contributed by atoms with van der Waals surface area (Å²) in [7, 11) is 0. The number of anilines is 1. The lowest BCUT2D eigenvalue weighted by Gasteiger charge is -2.08. The lowest BCUT2D eigenvalue weighted by atomic mass is 9.99. The molecule has 4 rings (SSSR count). The summed E-state index contributed by atoms with van der Waals surface area (Å²) in [6, 6.07) is 11.7. The quantitative estimate of drug-likeness (QED) is 0.567. The van der Waals surface area contributed by atoms with Crippen LogP contribution in [0.2, 0.25) is 0 Å². The molecule has 1 atom stereocenters. The third kappa shape index (κ3) is 3.10. The van der Waals surface area contributed by atoms with Crippen LogP contribution in [0.5, 0.6) is 5.75 Å². The van der Waals surface area contributed by atoms with Gasteiger partial charge in [0.25, 0.3) is 0 Å². The first-order valence-electron chi connectivity index (χ1n) is 8.58. The average Bonchev–Trinajstić information content (AvgIpc) is 2.93. The van der Waals surface area contributed by atoms with E-state index < -0.39 is 5.63 Å². The number of ketones is 1. The van der Waals surface area contributed by atoms with Crippen LogP contribution in [0.1, 0.15) is 34.3 Å². The zero-order valence-electron chi connectivity index (χ0n) is 14.9. The first-order chi connectivity index (χ1) is 12.9. The fraction of sp³-hybridized carbons (Fsp3) is 0.190. The predicted octanol–water partition coefficient (Wildman–Crippen LogP) is 3.42. The molecule has 2 aromatic carbocycles. The van der Waals surface area contributed by atoms with Crippen LogP contribution in [0.25, 0.3) is 11.0 Å². The maximum Gasteiger partial charge on any atom is 0.336 e. The van der Waals surface area contributed by atoms with Gasteiger partial charge in [0.1, 0.15) is 11.3 Å². The average molecular weight is 363 g/mol. The molecule has 0 spiro atoms. The Bertz CT molecular complexity index is 1150. The number of ether oxygens (including phenoxy) is 1. The standard InChI is InChI=1S/C21H17NO5/c1-11-7-20(24)27-19-9-14(4-5-15(11)19)26-10-18(23)13-3-6-17-16(8-13)12(2)21(25)22-17/h3-9,12H,10H2,1-2H3,(H,22,25)/t12-/m0/s1. The van der Waals surface area contributed by atoms with Crippen molar-refractivity contribution >= 4 is 28.3 Å². The van der Waals surface area contributed by atoms with Crippen LogP contribution in [-0.2, 0) is 4.79 Å². The zero-order valence-corrected chi connectivity index (χ0v) is 14.9. The van der Waals surface area contributed by atoms with Gasteiger partial charge >= 0.3 is 5.63 Å². The summed E-state index contributed by atoms with van der Waals surface area (Å²) in [5.74, 6) is -0.106. The Hall–Kier alpha value is -3.41. The number of fused-ring (bicyclic) bond motifs is 2. The van der Waals surface area contributed by atoms with E-state index in [1.807, 2.05) is 6.92 Å². The third-order valence-electron chi connectivity index (χ3n) is 4.78. The van der Waals surface area contributed by atoms with Crippen molar-refractivity contribution in [1.29, 1.82) is 0 Å². The van der Waals surface area contributed by atoms with E-state index in [4.69, 9.17) is 9.15 Å². The molecule has 6 nitrogen and oxygen atoms in total. The Morgan fingerprint density at radius 2 is 1.96 bits per heavy atom. The van der Waals surface area contributed by atoms with Gasteiger partial charge in [-0.2, -0.15) is 0 Å². The van der Waals surface area contributed by atoms with E-state index in [9.17, 15) is 14.4 Å². The lowest BCUT2D eigenvalue weighted by Crippen LogP contribution is -2.12. The molecule has 0 fully saturated rings. The lowest BCUT2D eigenvalue weighted by molar-refractivity contribution is -0.116. The summed E-state index contributed by atoms with van der Waals surface area (Å²) in [5, 5.41) is 3.60. The van der Waals surface area contributed by atoms with E-state index in [2.05, 4.69) is 5.32 Å². The zero-order chi connectivity index (χ0) is 19.1. The molecule has 136 valence electrons. The third-order valence-corrected chi connectivity index (χ3v) is 4.78. The number of benzene rings is 2. The van der Waals surface area contributed by atoms with Crippen LogP contribution in [0.4, 0.5) is 5.69 Å². The van der Waals surface area contributed by atoms with Gasteiger partial charge in [-0.1, -0.05) is 0 Å². The summed E-state index contributed by atoms with van der Waals surface area (Å²) in [6.07, 6.45) is 0. The fourth-order valence-electron chi connectivity index (χ4n) is 3.22. The van der Waals surface area contributed by atoms with E-state index >= 15 is 0 Å². The molecule has 3 aromatic rings. The Balaban J connectivity index is 1.52. The van der Waals surface area contributed by atoms with Crippen LogP contribution in [0, 0.1) is 6.92 Å². The van der Waals surface area contributed by atoms with Crippen molar-refractivity contribution in [3.63, 3.8) is 0 Å². The molecule has 0 aliphatic carbocycles. The number of Topliss-reactive ketones (excluding diaryl/α,β-unsaturated/α-hetero) is 1. The summed E-state index contributed by atoms with van der Waals surface area (Å²) < 4.78 is 10.8. The largest absolute Gasteiger partial charge is 0.485 e. The SMILES string of the molecule is Cc1cc(=O)oc2cc(OCC(=O)c3ccc4c(c3)[C@H](C)C(=O)N4)ccc12.